The van der Waals surface area contributed by atoms with Crippen molar-refractivity contribution in [2.45, 2.75) is 90.4 Å². The summed E-state index contributed by atoms with van der Waals surface area (Å²) in [6.45, 7) is 3.55. The number of hydrogen-bond acceptors (Lipinski definition) is 1. The zero-order valence-corrected chi connectivity index (χ0v) is 13.6. The molecular weight excluding hydrogens is 230 g/mol. The van der Waals surface area contributed by atoms with Crippen LogP contribution in [-0.2, 0) is 0 Å². The Labute approximate surface area is 121 Å². The van der Waals surface area contributed by atoms with E-state index in [1.807, 2.05) is 0 Å². The molecule has 0 saturated heterocycles. The largest absolute Gasteiger partial charge is 0.319 e. The van der Waals surface area contributed by atoms with Crippen LogP contribution in [0, 0.1) is 11.8 Å². The third-order valence-electron chi connectivity index (χ3n) is 4.96. The molecule has 0 aromatic rings. The van der Waals surface area contributed by atoms with Crippen LogP contribution in [0.15, 0.2) is 0 Å². The molecule has 19 heavy (non-hydrogen) atoms. The third kappa shape index (κ3) is 7.97. The van der Waals surface area contributed by atoms with Gasteiger partial charge in [0.05, 0.1) is 0 Å². The maximum atomic E-state index is 3.42. The Balaban J connectivity index is 2.10. The van der Waals surface area contributed by atoms with E-state index in [1.54, 1.807) is 0 Å². The molecule has 0 spiro atoms. The Morgan fingerprint density at radius 3 is 2.11 bits per heavy atom. The van der Waals surface area contributed by atoms with Gasteiger partial charge in [0.25, 0.3) is 0 Å². The molecule has 1 aliphatic rings. The van der Waals surface area contributed by atoms with E-state index in [0.717, 1.165) is 11.8 Å². The highest BCUT2D eigenvalue weighted by Crippen LogP contribution is 2.32. The maximum Gasteiger partial charge on any atom is -0.00209 e. The maximum absolute atomic E-state index is 3.42. The zero-order chi connectivity index (χ0) is 13.8. The summed E-state index contributed by atoms with van der Waals surface area (Å²) in [6.07, 6.45) is 19.1. The van der Waals surface area contributed by atoms with Crippen molar-refractivity contribution in [1.29, 1.82) is 0 Å². The summed E-state index contributed by atoms with van der Waals surface area (Å²) in [5.74, 6) is 1.98. The van der Waals surface area contributed by atoms with E-state index in [-0.39, 0.29) is 0 Å². The zero-order valence-electron chi connectivity index (χ0n) is 13.6. The minimum Gasteiger partial charge on any atom is -0.319 e. The highest BCUT2D eigenvalue weighted by atomic mass is 14.8. The summed E-state index contributed by atoms with van der Waals surface area (Å²) in [5.41, 5.74) is 0. The van der Waals surface area contributed by atoms with Crippen LogP contribution in [0.4, 0.5) is 0 Å². The van der Waals surface area contributed by atoms with E-state index < -0.39 is 0 Å². The fourth-order valence-electron chi connectivity index (χ4n) is 3.74. The summed E-state index contributed by atoms with van der Waals surface area (Å²) in [7, 11) is 2.12. The normalized spacial score (nSPS) is 24.3. The number of unbranched alkanes of at least 4 members (excludes halogenated alkanes) is 6. The summed E-state index contributed by atoms with van der Waals surface area (Å²) in [5, 5.41) is 3.42. The molecule has 1 nitrogen and oxygen atoms in total. The topological polar surface area (TPSA) is 12.0 Å². The van der Waals surface area contributed by atoms with Crippen LogP contribution in [-0.4, -0.2) is 13.6 Å². The molecule has 1 rings (SSSR count). The fourth-order valence-corrected chi connectivity index (χ4v) is 3.74. The van der Waals surface area contributed by atoms with Crippen molar-refractivity contribution in [2.75, 3.05) is 13.6 Å². The highest BCUT2D eigenvalue weighted by molar-refractivity contribution is 4.75. The molecule has 0 aromatic heterocycles. The predicted octanol–water partition coefficient (Wildman–Crippen LogP) is 5.54. The average Bonchev–Trinajstić information content (AvgIpc) is 2.64. The Hall–Kier alpha value is -0.0400. The van der Waals surface area contributed by atoms with Gasteiger partial charge in [-0.1, -0.05) is 84.0 Å². The van der Waals surface area contributed by atoms with Crippen LogP contribution < -0.4 is 5.32 Å². The molecule has 1 aliphatic carbocycles. The molecule has 0 aliphatic heterocycles. The molecule has 1 N–H and O–H groups in total. The lowest BCUT2D eigenvalue weighted by atomic mass is 9.84. The van der Waals surface area contributed by atoms with E-state index in [4.69, 9.17) is 0 Å². The number of nitrogens with one attached hydrogen (secondary N) is 1. The smallest absolute Gasteiger partial charge is 0.00209 e. The quantitative estimate of drug-likeness (QED) is 0.404. The molecule has 0 bridgehead atoms. The second-order valence-electron chi connectivity index (χ2n) is 6.63. The molecule has 1 fully saturated rings. The number of rotatable bonds is 10. The van der Waals surface area contributed by atoms with Gasteiger partial charge in [-0.3, -0.25) is 0 Å². The van der Waals surface area contributed by atoms with Crippen LogP contribution in [0.25, 0.3) is 0 Å². The van der Waals surface area contributed by atoms with Crippen molar-refractivity contribution in [3.63, 3.8) is 0 Å². The minimum absolute atomic E-state index is 0.965. The average molecular weight is 268 g/mol. The van der Waals surface area contributed by atoms with Gasteiger partial charge in [0.2, 0.25) is 0 Å². The predicted molar refractivity (Wildman–Crippen MR) is 86.6 cm³/mol. The molecule has 1 heteroatoms. The van der Waals surface area contributed by atoms with Gasteiger partial charge in [0.15, 0.2) is 0 Å². The number of hydrogen-bond donors (Lipinski definition) is 1. The first kappa shape index (κ1) is 17.0. The van der Waals surface area contributed by atoms with E-state index in [0.29, 0.717) is 0 Å². The first-order valence-electron chi connectivity index (χ1n) is 9.03. The lowest BCUT2D eigenvalue weighted by Gasteiger charge is -2.25. The van der Waals surface area contributed by atoms with Gasteiger partial charge in [0.1, 0.15) is 0 Å². The summed E-state index contributed by atoms with van der Waals surface area (Å²) >= 11 is 0. The SMILES string of the molecule is CCCCCCCCCC1CCCCCC1CNC. The molecule has 0 heterocycles. The second-order valence-corrected chi connectivity index (χ2v) is 6.63. The van der Waals surface area contributed by atoms with Gasteiger partial charge in [0, 0.05) is 0 Å². The van der Waals surface area contributed by atoms with Crippen LogP contribution in [0.2, 0.25) is 0 Å². The summed E-state index contributed by atoms with van der Waals surface area (Å²) in [6, 6.07) is 0. The molecule has 114 valence electrons. The lowest BCUT2D eigenvalue weighted by molar-refractivity contribution is 0.280. The van der Waals surface area contributed by atoms with Gasteiger partial charge in [-0.2, -0.15) is 0 Å². The summed E-state index contributed by atoms with van der Waals surface area (Å²) in [4.78, 5) is 0. The molecule has 0 aromatic carbocycles. The first-order valence-corrected chi connectivity index (χ1v) is 9.03. The fraction of sp³-hybridized carbons (Fsp3) is 1.00. The van der Waals surface area contributed by atoms with Crippen LogP contribution >= 0.6 is 0 Å². The Morgan fingerprint density at radius 2 is 1.42 bits per heavy atom. The molecule has 1 saturated carbocycles. The third-order valence-corrected chi connectivity index (χ3v) is 4.96. The Morgan fingerprint density at radius 1 is 0.789 bits per heavy atom. The first-order chi connectivity index (χ1) is 9.38. The van der Waals surface area contributed by atoms with Gasteiger partial charge in [-0.05, 0) is 31.8 Å². The molecular formula is C18H37N. The van der Waals surface area contributed by atoms with Gasteiger partial charge < -0.3 is 5.32 Å². The molecule has 2 atom stereocenters. The Bertz CT molecular complexity index is 190. The molecule has 0 amide bonds. The monoisotopic (exact) mass is 267 g/mol. The van der Waals surface area contributed by atoms with Gasteiger partial charge >= 0.3 is 0 Å². The summed E-state index contributed by atoms with van der Waals surface area (Å²) < 4.78 is 0. The van der Waals surface area contributed by atoms with Gasteiger partial charge in [-0.15, -0.1) is 0 Å². The second kappa shape index (κ2) is 11.8. The van der Waals surface area contributed by atoms with E-state index in [2.05, 4.69) is 19.3 Å². The minimum atomic E-state index is 0.965. The van der Waals surface area contributed by atoms with Crippen molar-refractivity contribution < 1.29 is 0 Å². The van der Waals surface area contributed by atoms with Crippen molar-refractivity contribution in [2.24, 2.45) is 11.8 Å². The molecule has 0 radical (unpaired) electrons. The van der Waals surface area contributed by atoms with Gasteiger partial charge in [-0.25, -0.2) is 0 Å². The van der Waals surface area contributed by atoms with Crippen molar-refractivity contribution in [1.82, 2.24) is 5.32 Å². The highest BCUT2D eigenvalue weighted by Gasteiger charge is 2.22. The van der Waals surface area contributed by atoms with Crippen molar-refractivity contribution in [3.8, 4) is 0 Å². The van der Waals surface area contributed by atoms with E-state index >= 15 is 0 Å². The van der Waals surface area contributed by atoms with Crippen LogP contribution in [0.1, 0.15) is 90.4 Å². The Kier molecular flexibility index (Phi) is 10.5. The van der Waals surface area contributed by atoms with Crippen molar-refractivity contribution in [3.05, 3.63) is 0 Å². The van der Waals surface area contributed by atoms with Crippen LogP contribution in [0.5, 0.6) is 0 Å². The molecule has 2 unspecified atom stereocenters. The standard InChI is InChI=1S/C18H37N/c1-3-4-5-6-7-8-10-13-17-14-11-9-12-15-18(17)16-19-2/h17-19H,3-16H2,1-2H3. The van der Waals surface area contributed by atoms with Crippen LogP contribution in [0.3, 0.4) is 0 Å². The van der Waals surface area contributed by atoms with Crippen molar-refractivity contribution >= 4 is 0 Å². The van der Waals surface area contributed by atoms with E-state index in [1.165, 1.54) is 90.0 Å². The van der Waals surface area contributed by atoms with E-state index in [9.17, 15) is 0 Å². The lowest BCUT2D eigenvalue weighted by Crippen LogP contribution is -2.25.